The van der Waals surface area contributed by atoms with Crippen molar-refractivity contribution in [2.75, 3.05) is 11.9 Å². The largest absolute Gasteiger partial charge is 0.392 e. The first kappa shape index (κ1) is 13.5. The quantitative estimate of drug-likeness (QED) is 0.862. The van der Waals surface area contributed by atoms with Gasteiger partial charge in [0, 0.05) is 12.7 Å². The van der Waals surface area contributed by atoms with Crippen LogP contribution in [-0.4, -0.2) is 21.6 Å². The summed E-state index contributed by atoms with van der Waals surface area (Å²) in [5.74, 6) is 0.854. The summed E-state index contributed by atoms with van der Waals surface area (Å²) in [4.78, 5) is 8.70. The van der Waals surface area contributed by atoms with Crippen LogP contribution in [0.4, 0.5) is 5.82 Å². The summed E-state index contributed by atoms with van der Waals surface area (Å²) in [7, 11) is 0. The fourth-order valence-corrected chi connectivity index (χ4v) is 1.84. The van der Waals surface area contributed by atoms with Crippen LogP contribution < -0.4 is 5.32 Å². The van der Waals surface area contributed by atoms with E-state index in [4.69, 9.17) is 5.11 Å². The van der Waals surface area contributed by atoms with Crippen LogP contribution in [0.5, 0.6) is 0 Å². The number of benzene rings is 1. The average Bonchev–Trinajstić information content (AvgIpc) is 2.43. The smallest absolute Gasteiger partial charge is 0.147 e. The zero-order chi connectivity index (χ0) is 13.7. The molecular weight excluding hydrogens is 238 g/mol. The molecule has 19 heavy (non-hydrogen) atoms. The van der Waals surface area contributed by atoms with E-state index in [1.54, 1.807) is 6.20 Å². The highest BCUT2D eigenvalue weighted by molar-refractivity contribution is 5.39. The van der Waals surface area contributed by atoms with Crippen LogP contribution in [0, 0.1) is 13.8 Å². The summed E-state index contributed by atoms with van der Waals surface area (Å²) in [6, 6.07) is 7.99. The van der Waals surface area contributed by atoms with Crippen molar-refractivity contribution in [1.82, 2.24) is 9.97 Å². The van der Waals surface area contributed by atoms with Gasteiger partial charge in [-0.3, -0.25) is 4.98 Å². The Morgan fingerprint density at radius 1 is 1.11 bits per heavy atom. The Labute approximate surface area is 113 Å². The molecule has 4 heteroatoms. The first-order valence-corrected chi connectivity index (χ1v) is 6.42. The number of aryl methyl sites for hydroxylation is 2. The molecule has 0 saturated heterocycles. The lowest BCUT2D eigenvalue weighted by Gasteiger charge is -2.08. The van der Waals surface area contributed by atoms with Crippen molar-refractivity contribution < 1.29 is 5.11 Å². The molecule has 1 aromatic carbocycles. The van der Waals surface area contributed by atoms with Gasteiger partial charge in [-0.25, -0.2) is 4.98 Å². The van der Waals surface area contributed by atoms with Gasteiger partial charge in [-0.2, -0.15) is 0 Å². The minimum absolute atomic E-state index is 0.0939. The molecular formula is C15H19N3O. The zero-order valence-corrected chi connectivity index (χ0v) is 11.3. The van der Waals surface area contributed by atoms with Crippen LogP contribution in [0.1, 0.15) is 22.5 Å². The van der Waals surface area contributed by atoms with Gasteiger partial charge >= 0.3 is 0 Å². The third-order valence-electron chi connectivity index (χ3n) is 2.99. The Morgan fingerprint density at radius 2 is 1.79 bits per heavy atom. The standard InChI is InChI=1S/C15H19N3O/c1-11-9-17-12(2)15(18-11)16-8-7-13-3-5-14(10-19)6-4-13/h3-6,9,19H,7-8,10H2,1-2H3,(H,16,18). The number of hydrogen-bond acceptors (Lipinski definition) is 4. The van der Waals surface area contributed by atoms with E-state index < -0.39 is 0 Å². The molecule has 0 aliphatic carbocycles. The van der Waals surface area contributed by atoms with E-state index in [1.165, 1.54) is 5.56 Å². The molecule has 0 saturated carbocycles. The SMILES string of the molecule is Cc1cnc(C)c(NCCc2ccc(CO)cc2)n1. The predicted octanol–water partition coefficient (Wildman–Crippen LogP) is 2.24. The lowest BCUT2D eigenvalue weighted by molar-refractivity contribution is 0.282. The molecule has 2 aromatic rings. The number of nitrogens with one attached hydrogen (secondary N) is 1. The topological polar surface area (TPSA) is 58.0 Å². The molecule has 0 unspecified atom stereocenters. The first-order chi connectivity index (χ1) is 9.19. The Balaban J connectivity index is 1.90. The molecule has 100 valence electrons. The highest BCUT2D eigenvalue weighted by Crippen LogP contribution is 2.09. The van der Waals surface area contributed by atoms with Crippen LogP contribution in [0.15, 0.2) is 30.5 Å². The predicted molar refractivity (Wildman–Crippen MR) is 76.1 cm³/mol. The van der Waals surface area contributed by atoms with Crippen molar-refractivity contribution in [1.29, 1.82) is 0 Å². The minimum atomic E-state index is 0.0939. The summed E-state index contributed by atoms with van der Waals surface area (Å²) in [6.07, 6.45) is 2.69. The Hall–Kier alpha value is -1.94. The number of aliphatic hydroxyl groups excluding tert-OH is 1. The molecule has 2 N–H and O–H groups in total. The maximum absolute atomic E-state index is 8.98. The van der Waals surface area contributed by atoms with Gasteiger partial charge in [-0.15, -0.1) is 0 Å². The van der Waals surface area contributed by atoms with E-state index in [0.29, 0.717) is 0 Å². The Morgan fingerprint density at radius 3 is 2.47 bits per heavy atom. The molecule has 2 rings (SSSR count). The molecule has 1 heterocycles. The summed E-state index contributed by atoms with van der Waals surface area (Å²) in [5.41, 5.74) is 4.02. The van der Waals surface area contributed by atoms with Crippen molar-refractivity contribution in [3.05, 3.63) is 53.0 Å². The van der Waals surface area contributed by atoms with Crippen LogP contribution in [-0.2, 0) is 13.0 Å². The van der Waals surface area contributed by atoms with Crippen LogP contribution in [0.2, 0.25) is 0 Å². The molecule has 0 aliphatic heterocycles. The molecule has 4 nitrogen and oxygen atoms in total. The number of aromatic nitrogens is 2. The third kappa shape index (κ3) is 3.76. The second-order valence-corrected chi connectivity index (χ2v) is 4.60. The zero-order valence-electron chi connectivity index (χ0n) is 11.3. The van der Waals surface area contributed by atoms with Crippen molar-refractivity contribution in [3.63, 3.8) is 0 Å². The molecule has 0 fully saturated rings. The number of nitrogens with zero attached hydrogens (tertiary/aromatic N) is 2. The molecule has 1 aromatic heterocycles. The summed E-state index contributed by atoms with van der Waals surface area (Å²) >= 11 is 0. The van der Waals surface area contributed by atoms with Gasteiger partial charge < -0.3 is 10.4 Å². The number of aliphatic hydroxyl groups is 1. The lowest BCUT2D eigenvalue weighted by Crippen LogP contribution is -2.09. The normalized spacial score (nSPS) is 10.5. The van der Waals surface area contributed by atoms with Crippen molar-refractivity contribution in [3.8, 4) is 0 Å². The van der Waals surface area contributed by atoms with E-state index in [1.807, 2.05) is 38.1 Å². The van der Waals surface area contributed by atoms with E-state index in [9.17, 15) is 0 Å². The average molecular weight is 257 g/mol. The molecule has 0 amide bonds. The van der Waals surface area contributed by atoms with Crippen LogP contribution in [0.25, 0.3) is 0 Å². The van der Waals surface area contributed by atoms with Crippen LogP contribution >= 0.6 is 0 Å². The van der Waals surface area contributed by atoms with Crippen molar-refractivity contribution >= 4 is 5.82 Å². The summed E-state index contributed by atoms with van der Waals surface area (Å²) < 4.78 is 0. The van der Waals surface area contributed by atoms with Gasteiger partial charge in [-0.05, 0) is 31.4 Å². The fourth-order valence-electron chi connectivity index (χ4n) is 1.84. The molecule has 0 bridgehead atoms. The fraction of sp³-hybridized carbons (Fsp3) is 0.333. The summed E-state index contributed by atoms with van der Waals surface area (Å²) in [5, 5.41) is 12.3. The third-order valence-corrected chi connectivity index (χ3v) is 2.99. The van der Waals surface area contributed by atoms with E-state index >= 15 is 0 Å². The van der Waals surface area contributed by atoms with Crippen LogP contribution in [0.3, 0.4) is 0 Å². The van der Waals surface area contributed by atoms with Gasteiger partial charge in [0.1, 0.15) is 5.82 Å². The van der Waals surface area contributed by atoms with Crippen molar-refractivity contribution in [2.24, 2.45) is 0 Å². The maximum atomic E-state index is 8.98. The van der Waals surface area contributed by atoms with Gasteiger partial charge in [0.05, 0.1) is 18.0 Å². The Bertz CT molecular complexity index is 538. The van der Waals surface area contributed by atoms with E-state index in [2.05, 4.69) is 15.3 Å². The molecule has 0 atom stereocenters. The first-order valence-electron chi connectivity index (χ1n) is 6.42. The maximum Gasteiger partial charge on any atom is 0.147 e. The van der Waals surface area contributed by atoms with Gasteiger partial charge in [0.15, 0.2) is 0 Å². The Kier molecular flexibility index (Phi) is 4.47. The molecule has 0 aliphatic rings. The highest BCUT2D eigenvalue weighted by Gasteiger charge is 2.01. The molecule has 0 spiro atoms. The van der Waals surface area contributed by atoms with Gasteiger partial charge in [-0.1, -0.05) is 24.3 Å². The second-order valence-electron chi connectivity index (χ2n) is 4.60. The van der Waals surface area contributed by atoms with E-state index in [-0.39, 0.29) is 6.61 Å². The molecule has 0 radical (unpaired) electrons. The van der Waals surface area contributed by atoms with Crippen molar-refractivity contribution in [2.45, 2.75) is 26.9 Å². The monoisotopic (exact) mass is 257 g/mol. The van der Waals surface area contributed by atoms with Gasteiger partial charge in [0.2, 0.25) is 0 Å². The number of rotatable bonds is 5. The number of anilines is 1. The lowest BCUT2D eigenvalue weighted by atomic mass is 10.1. The minimum Gasteiger partial charge on any atom is -0.392 e. The van der Waals surface area contributed by atoms with Gasteiger partial charge in [0.25, 0.3) is 0 Å². The highest BCUT2D eigenvalue weighted by atomic mass is 16.3. The number of hydrogen-bond donors (Lipinski definition) is 2. The second kappa shape index (κ2) is 6.29. The van der Waals surface area contributed by atoms with E-state index in [0.717, 1.165) is 35.7 Å². The summed E-state index contributed by atoms with van der Waals surface area (Å²) in [6.45, 7) is 4.80.